The standard InChI is InChI=1S/C14H17F3N2O3S/c1-18-12-6-11(14(15,16)17)13(19(21)22)5-10(12)4-3-9(7-20)8-23-2/h3-6,9,18,20H,7-8H2,1-2H3/b4-3+. The fraction of sp³-hybridized carbons (Fsp3) is 0.429. The van der Waals surface area contributed by atoms with Gasteiger partial charge < -0.3 is 10.4 Å². The molecule has 9 heteroatoms. The highest BCUT2D eigenvalue weighted by Gasteiger charge is 2.39. The molecular formula is C14H17F3N2O3S. The summed E-state index contributed by atoms with van der Waals surface area (Å²) in [5.74, 6) is 0.445. The van der Waals surface area contributed by atoms with E-state index in [1.165, 1.54) is 24.9 Å². The third-order valence-corrected chi connectivity index (χ3v) is 3.86. The quantitative estimate of drug-likeness (QED) is 0.580. The normalized spacial score (nSPS) is 13.3. The first-order valence-electron chi connectivity index (χ1n) is 6.60. The van der Waals surface area contributed by atoms with Crippen LogP contribution in [0.3, 0.4) is 0 Å². The third kappa shape index (κ3) is 5.14. The van der Waals surface area contributed by atoms with Gasteiger partial charge in [0.15, 0.2) is 0 Å². The summed E-state index contributed by atoms with van der Waals surface area (Å²) < 4.78 is 38.8. The van der Waals surface area contributed by atoms with Crippen LogP contribution in [0.5, 0.6) is 0 Å². The highest BCUT2D eigenvalue weighted by atomic mass is 32.2. The molecule has 0 spiro atoms. The molecule has 5 nitrogen and oxygen atoms in total. The lowest BCUT2D eigenvalue weighted by Crippen LogP contribution is -2.10. The molecule has 1 rings (SSSR count). The molecule has 1 aromatic rings. The molecule has 0 bridgehead atoms. The number of benzene rings is 1. The number of alkyl halides is 3. The molecule has 2 N–H and O–H groups in total. The van der Waals surface area contributed by atoms with E-state index in [9.17, 15) is 28.4 Å². The minimum Gasteiger partial charge on any atom is -0.396 e. The molecule has 23 heavy (non-hydrogen) atoms. The minimum absolute atomic E-state index is 0.116. The van der Waals surface area contributed by atoms with E-state index >= 15 is 0 Å². The molecule has 1 aromatic carbocycles. The predicted molar refractivity (Wildman–Crippen MR) is 85.6 cm³/mol. The van der Waals surface area contributed by atoms with E-state index in [0.29, 0.717) is 5.75 Å². The zero-order chi connectivity index (χ0) is 17.6. The first-order valence-corrected chi connectivity index (χ1v) is 7.99. The molecule has 0 amide bonds. The number of aliphatic hydroxyl groups is 1. The Morgan fingerprint density at radius 2 is 2.13 bits per heavy atom. The molecule has 0 fully saturated rings. The van der Waals surface area contributed by atoms with E-state index in [1.807, 2.05) is 6.26 Å². The second-order valence-electron chi connectivity index (χ2n) is 4.72. The maximum absolute atomic E-state index is 12.9. The molecule has 0 saturated heterocycles. The fourth-order valence-corrected chi connectivity index (χ4v) is 2.60. The summed E-state index contributed by atoms with van der Waals surface area (Å²) in [6, 6.07) is 1.61. The van der Waals surface area contributed by atoms with Crippen LogP contribution in [0, 0.1) is 16.0 Å². The number of aliphatic hydroxyl groups excluding tert-OH is 1. The molecular weight excluding hydrogens is 333 g/mol. The lowest BCUT2D eigenvalue weighted by molar-refractivity contribution is -0.388. The Morgan fingerprint density at radius 1 is 1.48 bits per heavy atom. The van der Waals surface area contributed by atoms with Crippen LogP contribution in [0.25, 0.3) is 6.08 Å². The number of nitro groups is 1. The Hall–Kier alpha value is -1.74. The summed E-state index contributed by atoms with van der Waals surface area (Å²) in [7, 11) is 1.43. The second-order valence-corrected chi connectivity index (χ2v) is 5.63. The van der Waals surface area contributed by atoms with E-state index in [2.05, 4.69) is 5.32 Å². The van der Waals surface area contributed by atoms with Crippen molar-refractivity contribution in [1.82, 2.24) is 0 Å². The Balaban J connectivity index is 3.35. The van der Waals surface area contributed by atoms with Crippen LogP contribution >= 0.6 is 11.8 Å². The number of halogens is 3. The van der Waals surface area contributed by atoms with Gasteiger partial charge in [0.05, 0.1) is 11.5 Å². The predicted octanol–water partition coefficient (Wildman–Crippen LogP) is 3.64. The van der Waals surface area contributed by atoms with Gasteiger partial charge in [-0.15, -0.1) is 0 Å². The van der Waals surface area contributed by atoms with E-state index in [4.69, 9.17) is 0 Å². The van der Waals surface area contributed by atoms with Gasteiger partial charge in [-0.3, -0.25) is 10.1 Å². The van der Waals surface area contributed by atoms with Gasteiger partial charge in [-0.1, -0.05) is 12.2 Å². The van der Waals surface area contributed by atoms with E-state index in [0.717, 1.165) is 12.1 Å². The highest BCUT2D eigenvalue weighted by molar-refractivity contribution is 7.98. The van der Waals surface area contributed by atoms with Gasteiger partial charge in [0.2, 0.25) is 0 Å². The molecule has 1 atom stereocenters. The molecule has 0 aliphatic carbocycles. The second kappa shape index (κ2) is 8.21. The summed E-state index contributed by atoms with van der Waals surface area (Å²) in [6.45, 7) is -0.116. The van der Waals surface area contributed by atoms with Crippen molar-refractivity contribution in [2.45, 2.75) is 6.18 Å². The Labute approximate surface area is 135 Å². The SMILES string of the molecule is CNc1cc(C(F)(F)F)c([N+](=O)[O-])cc1/C=C/C(CO)CSC. The summed E-state index contributed by atoms with van der Waals surface area (Å²) in [5.41, 5.74) is -1.92. The van der Waals surface area contributed by atoms with E-state index in [1.54, 1.807) is 6.08 Å². The van der Waals surface area contributed by atoms with Gasteiger partial charge in [0.25, 0.3) is 5.69 Å². The number of hydrogen-bond acceptors (Lipinski definition) is 5. The van der Waals surface area contributed by atoms with Gasteiger partial charge >= 0.3 is 6.18 Å². The number of nitro benzene ring substituents is 1. The monoisotopic (exact) mass is 350 g/mol. The number of nitrogens with one attached hydrogen (secondary N) is 1. The average Bonchev–Trinajstić information content (AvgIpc) is 2.49. The first-order chi connectivity index (χ1) is 10.7. The van der Waals surface area contributed by atoms with E-state index in [-0.39, 0.29) is 23.8 Å². The van der Waals surface area contributed by atoms with Gasteiger partial charge in [0.1, 0.15) is 5.56 Å². The van der Waals surface area contributed by atoms with Crippen LogP contribution in [-0.2, 0) is 6.18 Å². The molecule has 0 aliphatic rings. The molecule has 128 valence electrons. The van der Waals surface area contributed by atoms with Crippen LogP contribution in [0.4, 0.5) is 24.5 Å². The number of rotatable bonds is 7. The van der Waals surface area contributed by atoms with Crippen LogP contribution in [0.2, 0.25) is 0 Å². The van der Waals surface area contributed by atoms with Crippen molar-refractivity contribution in [2.24, 2.45) is 5.92 Å². The topological polar surface area (TPSA) is 75.4 Å². The highest BCUT2D eigenvalue weighted by Crippen LogP contribution is 2.39. The maximum atomic E-state index is 12.9. The molecule has 0 radical (unpaired) electrons. The van der Waals surface area contributed by atoms with Gasteiger partial charge in [-0.25, -0.2) is 0 Å². The van der Waals surface area contributed by atoms with Crippen molar-refractivity contribution >= 4 is 29.2 Å². The van der Waals surface area contributed by atoms with Crippen molar-refractivity contribution in [2.75, 3.05) is 31.0 Å². The number of anilines is 1. The lowest BCUT2D eigenvalue weighted by Gasteiger charge is -2.13. The van der Waals surface area contributed by atoms with Crippen molar-refractivity contribution in [3.8, 4) is 0 Å². The molecule has 0 aromatic heterocycles. The Kier molecular flexibility index (Phi) is 6.89. The number of thioether (sulfide) groups is 1. The summed E-state index contributed by atoms with van der Waals surface area (Å²) >= 11 is 1.51. The Morgan fingerprint density at radius 3 is 2.57 bits per heavy atom. The van der Waals surface area contributed by atoms with E-state index < -0.39 is 22.4 Å². The summed E-state index contributed by atoms with van der Waals surface area (Å²) in [5, 5.41) is 22.8. The maximum Gasteiger partial charge on any atom is 0.423 e. The van der Waals surface area contributed by atoms with Gasteiger partial charge in [-0.2, -0.15) is 24.9 Å². The van der Waals surface area contributed by atoms with Crippen LogP contribution in [-0.4, -0.2) is 35.7 Å². The number of hydrogen-bond donors (Lipinski definition) is 2. The van der Waals surface area contributed by atoms with Crippen molar-refractivity contribution in [3.05, 3.63) is 39.4 Å². The van der Waals surface area contributed by atoms with Gasteiger partial charge in [0, 0.05) is 36.0 Å². The largest absolute Gasteiger partial charge is 0.423 e. The van der Waals surface area contributed by atoms with Gasteiger partial charge in [-0.05, 0) is 12.3 Å². The van der Waals surface area contributed by atoms with Crippen LogP contribution < -0.4 is 5.32 Å². The third-order valence-electron chi connectivity index (χ3n) is 3.10. The lowest BCUT2D eigenvalue weighted by atomic mass is 10.0. The fourth-order valence-electron chi connectivity index (χ4n) is 1.96. The van der Waals surface area contributed by atoms with Crippen molar-refractivity contribution < 1.29 is 23.2 Å². The minimum atomic E-state index is -4.82. The zero-order valence-electron chi connectivity index (χ0n) is 12.6. The zero-order valence-corrected chi connectivity index (χ0v) is 13.4. The summed E-state index contributed by atoms with van der Waals surface area (Å²) in [4.78, 5) is 9.88. The smallest absolute Gasteiger partial charge is 0.396 e. The van der Waals surface area contributed by atoms with Crippen LogP contribution in [0.15, 0.2) is 18.2 Å². The van der Waals surface area contributed by atoms with Crippen molar-refractivity contribution in [1.29, 1.82) is 0 Å². The van der Waals surface area contributed by atoms with Crippen LogP contribution in [0.1, 0.15) is 11.1 Å². The summed E-state index contributed by atoms with van der Waals surface area (Å²) in [6.07, 6.45) is 0.154. The molecule has 0 heterocycles. The molecule has 1 unspecified atom stereocenters. The molecule has 0 saturated carbocycles. The molecule has 0 aliphatic heterocycles. The first kappa shape index (κ1) is 19.3. The average molecular weight is 350 g/mol. The number of nitrogens with zero attached hydrogens (tertiary/aromatic N) is 1. The Bertz CT molecular complexity index is 591. The van der Waals surface area contributed by atoms with Crippen molar-refractivity contribution in [3.63, 3.8) is 0 Å².